The molecule has 0 aromatic carbocycles. The third-order valence-electron chi connectivity index (χ3n) is 5.52. The van der Waals surface area contributed by atoms with Crippen molar-refractivity contribution in [2.24, 2.45) is 0 Å². The van der Waals surface area contributed by atoms with Crippen molar-refractivity contribution < 1.29 is 4.74 Å². The van der Waals surface area contributed by atoms with Crippen LogP contribution in [0.2, 0.25) is 0 Å². The summed E-state index contributed by atoms with van der Waals surface area (Å²) in [7, 11) is 0. The number of anilines is 1. The third-order valence-corrected chi connectivity index (χ3v) is 6.71. The van der Waals surface area contributed by atoms with Gasteiger partial charge in [0.25, 0.3) is 5.95 Å². The summed E-state index contributed by atoms with van der Waals surface area (Å²) in [5.41, 5.74) is 3.49. The number of ether oxygens (including phenoxy) is 1. The molecule has 3 aromatic rings. The van der Waals surface area contributed by atoms with Gasteiger partial charge in [0.05, 0.1) is 17.2 Å². The maximum absolute atomic E-state index is 5.80. The van der Waals surface area contributed by atoms with Gasteiger partial charge in [-0.1, -0.05) is 0 Å². The highest BCUT2D eigenvalue weighted by molar-refractivity contribution is 7.19. The number of thiophene rings is 1. The molecule has 1 fully saturated rings. The Morgan fingerprint density at radius 3 is 2.89 bits per heavy atom. The summed E-state index contributed by atoms with van der Waals surface area (Å²) >= 11 is 1.83. The van der Waals surface area contributed by atoms with Gasteiger partial charge in [-0.3, -0.25) is 0 Å². The van der Waals surface area contributed by atoms with Gasteiger partial charge in [0, 0.05) is 23.7 Å². The molecule has 4 heterocycles. The second kappa shape index (κ2) is 6.87. The summed E-state index contributed by atoms with van der Waals surface area (Å²) in [6.07, 6.45) is 7.37. The average molecular weight is 384 g/mol. The Kier molecular flexibility index (Phi) is 4.36. The molecule has 0 amide bonds. The summed E-state index contributed by atoms with van der Waals surface area (Å²) in [6.45, 7) is 5.72. The predicted octanol–water partition coefficient (Wildman–Crippen LogP) is 3.96. The SMILES string of the molecule is Cc1cc(C)n(-c2nc(NC[C@@H]3CCCO3)c3c4c(sc3n2)CCCC4)n1. The fourth-order valence-corrected chi connectivity index (χ4v) is 5.47. The maximum atomic E-state index is 5.80. The molecule has 3 aromatic heterocycles. The molecule has 5 rings (SSSR count). The van der Waals surface area contributed by atoms with Gasteiger partial charge in [0.2, 0.25) is 0 Å². The number of rotatable bonds is 4. The van der Waals surface area contributed by atoms with Gasteiger partial charge in [0.15, 0.2) is 0 Å². The molecule has 2 aliphatic rings. The first-order valence-electron chi connectivity index (χ1n) is 9.90. The van der Waals surface area contributed by atoms with Crippen molar-refractivity contribution in [3.05, 3.63) is 27.9 Å². The fourth-order valence-electron chi connectivity index (χ4n) is 4.22. The maximum Gasteiger partial charge on any atom is 0.254 e. The van der Waals surface area contributed by atoms with E-state index in [0.717, 1.165) is 60.9 Å². The zero-order valence-corrected chi connectivity index (χ0v) is 16.7. The van der Waals surface area contributed by atoms with E-state index in [0.29, 0.717) is 5.95 Å². The van der Waals surface area contributed by atoms with Crippen LogP contribution in [0, 0.1) is 13.8 Å². The Hall–Kier alpha value is -1.99. The van der Waals surface area contributed by atoms with Crippen LogP contribution in [0.15, 0.2) is 6.07 Å². The molecule has 1 N–H and O–H groups in total. The van der Waals surface area contributed by atoms with Gasteiger partial charge in [-0.05, 0) is 64.0 Å². The molecule has 27 heavy (non-hydrogen) atoms. The van der Waals surface area contributed by atoms with Gasteiger partial charge in [0.1, 0.15) is 10.6 Å². The minimum absolute atomic E-state index is 0.279. The van der Waals surface area contributed by atoms with Crippen LogP contribution in [0.4, 0.5) is 5.82 Å². The normalized spacial score (nSPS) is 19.6. The summed E-state index contributed by atoms with van der Waals surface area (Å²) in [4.78, 5) is 12.4. The molecular formula is C20H25N5OS. The van der Waals surface area contributed by atoms with E-state index in [1.807, 2.05) is 29.9 Å². The summed E-state index contributed by atoms with van der Waals surface area (Å²) in [5.74, 6) is 1.60. The molecule has 1 aliphatic carbocycles. The van der Waals surface area contributed by atoms with E-state index >= 15 is 0 Å². The first-order valence-corrected chi connectivity index (χ1v) is 10.7. The number of aromatic nitrogens is 4. The van der Waals surface area contributed by atoms with Gasteiger partial charge in [-0.15, -0.1) is 11.3 Å². The van der Waals surface area contributed by atoms with Gasteiger partial charge >= 0.3 is 0 Å². The predicted molar refractivity (Wildman–Crippen MR) is 108 cm³/mol. The largest absolute Gasteiger partial charge is 0.376 e. The second-order valence-corrected chi connectivity index (χ2v) is 8.70. The van der Waals surface area contributed by atoms with Gasteiger partial charge < -0.3 is 10.1 Å². The third kappa shape index (κ3) is 3.12. The Morgan fingerprint density at radius 2 is 2.11 bits per heavy atom. The summed E-state index contributed by atoms with van der Waals surface area (Å²) < 4.78 is 7.65. The number of fused-ring (bicyclic) bond motifs is 3. The quantitative estimate of drug-likeness (QED) is 0.739. The molecule has 0 unspecified atom stereocenters. The molecular weight excluding hydrogens is 358 g/mol. The lowest BCUT2D eigenvalue weighted by Gasteiger charge is -2.15. The first kappa shape index (κ1) is 17.1. The number of nitrogens with one attached hydrogen (secondary N) is 1. The van der Waals surface area contributed by atoms with E-state index < -0.39 is 0 Å². The molecule has 1 atom stereocenters. The molecule has 0 spiro atoms. The van der Waals surface area contributed by atoms with Crippen LogP contribution in [0.25, 0.3) is 16.2 Å². The van der Waals surface area contributed by atoms with Gasteiger partial charge in [-0.25, -0.2) is 4.68 Å². The molecule has 6 nitrogen and oxygen atoms in total. The Labute approximate surface area is 163 Å². The van der Waals surface area contributed by atoms with E-state index in [4.69, 9.17) is 14.7 Å². The van der Waals surface area contributed by atoms with Crippen LogP contribution in [-0.4, -0.2) is 39.0 Å². The molecule has 0 saturated carbocycles. The lowest BCUT2D eigenvalue weighted by molar-refractivity contribution is 0.120. The van der Waals surface area contributed by atoms with E-state index in [1.54, 1.807) is 0 Å². The van der Waals surface area contributed by atoms with Crippen LogP contribution < -0.4 is 5.32 Å². The molecule has 1 saturated heterocycles. The standard InChI is InChI=1S/C20H25N5OS/c1-12-10-13(2)25(24-12)20-22-18(21-11-14-6-5-9-26-14)17-15-7-3-4-8-16(15)27-19(17)23-20/h10,14H,3-9,11H2,1-2H3,(H,21,22,23)/t14-/m0/s1. The highest BCUT2D eigenvalue weighted by Gasteiger charge is 2.23. The minimum atomic E-state index is 0.279. The average Bonchev–Trinajstić information content (AvgIpc) is 3.37. The summed E-state index contributed by atoms with van der Waals surface area (Å²) in [6, 6.07) is 2.06. The monoisotopic (exact) mass is 383 g/mol. The minimum Gasteiger partial charge on any atom is -0.376 e. The Morgan fingerprint density at radius 1 is 1.22 bits per heavy atom. The zero-order valence-electron chi connectivity index (χ0n) is 15.9. The highest BCUT2D eigenvalue weighted by Crippen LogP contribution is 2.39. The van der Waals surface area contributed by atoms with E-state index in [9.17, 15) is 0 Å². The van der Waals surface area contributed by atoms with Crippen LogP contribution in [0.5, 0.6) is 0 Å². The summed E-state index contributed by atoms with van der Waals surface area (Å²) in [5, 5.41) is 9.40. The van der Waals surface area contributed by atoms with Crippen molar-refractivity contribution in [1.29, 1.82) is 0 Å². The van der Waals surface area contributed by atoms with Crippen LogP contribution in [-0.2, 0) is 17.6 Å². The van der Waals surface area contributed by atoms with E-state index in [1.165, 1.54) is 28.7 Å². The number of hydrogen-bond acceptors (Lipinski definition) is 6. The molecule has 1 aliphatic heterocycles. The topological polar surface area (TPSA) is 64.9 Å². The van der Waals surface area contributed by atoms with Crippen LogP contribution >= 0.6 is 11.3 Å². The molecule has 0 radical (unpaired) electrons. The smallest absolute Gasteiger partial charge is 0.254 e. The van der Waals surface area contributed by atoms with Crippen molar-refractivity contribution in [3.8, 4) is 5.95 Å². The van der Waals surface area contributed by atoms with E-state index in [-0.39, 0.29) is 6.10 Å². The van der Waals surface area contributed by atoms with Gasteiger partial charge in [-0.2, -0.15) is 15.1 Å². The molecule has 142 valence electrons. The number of hydrogen-bond donors (Lipinski definition) is 1. The first-order chi connectivity index (χ1) is 13.2. The second-order valence-electron chi connectivity index (χ2n) is 7.62. The lowest BCUT2D eigenvalue weighted by atomic mass is 9.97. The van der Waals surface area contributed by atoms with Crippen LogP contribution in [0.1, 0.15) is 47.5 Å². The zero-order chi connectivity index (χ0) is 18.4. The van der Waals surface area contributed by atoms with Crippen molar-refractivity contribution in [3.63, 3.8) is 0 Å². The Bertz CT molecular complexity index is 986. The number of aryl methyl sites for hydroxylation is 4. The van der Waals surface area contributed by atoms with Crippen molar-refractivity contribution >= 4 is 27.4 Å². The van der Waals surface area contributed by atoms with Crippen LogP contribution in [0.3, 0.4) is 0 Å². The molecule has 7 heteroatoms. The van der Waals surface area contributed by atoms with Crippen molar-refractivity contribution in [2.75, 3.05) is 18.5 Å². The number of nitrogens with zero attached hydrogens (tertiary/aromatic N) is 4. The molecule has 0 bridgehead atoms. The van der Waals surface area contributed by atoms with Crippen molar-refractivity contribution in [1.82, 2.24) is 19.7 Å². The Balaban J connectivity index is 1.61. The lowest BCUT2D eigenvalue weighted by Crippen LogP contribution is -2.20. The fraction of sp³-hybridized carbons (Fsp3) is 0.550. The van der Waals surface area contributed by atoms with E-state index in [2.05, 4.69) is 16.5 Å². The van der Waals surface area contributed by atoms with Crippen molar-refractivity contribution in [2.45, 2.75) is 58.5 Å². The highest BCUT2D eigenvalue weighted by atomic mass is 32.1.